The third-order valence-electron chi connectivity index (χ3n) is 2.38. The Labute approximate surface area is 99.5 Å². The smallest absolute Gasteiger partial charge is 0.146 e. The van der Waals surface area contributed by atoms with Crippen molar-refractivity contribution in [1.29, 1.82) is 5.41 Å². The van der Waals surface area contributed by atoms with Gasteiger partial charge in [0.05, 0.1) is 11.8 Å². The minimum atomic E-state index is 0.00291. The Morgan fingerprint density at radius 2 is 2.24 bits per heavy atom. The second-order valence-corrected chi connectivity index (χ2v) is 3.78. The molecule has 2 rings (SSSR count). The van der Waals surface area contributed by atoms with Gasteiger partial charge in [-0.2, -0.15) is 0 Å². The fourth-order valence-corrected chi connectivity index (χ4v) is 1.52. The second kappa shape index (κ2) is 4.74. The lowest BCUT2D eigenvalue weighted by Crippen LogP contribution is -2.13. The molecule has 0 aliphatic heterocycles. The molecule has 0 saturated heterocycles. The number of aryl methyl sites for hydroxylation is 1. The Bertz CT molecular complexity index is 518. The van der Waals surface area contributed by atoms with Crippen molar-refractivity contribution in [2.45, 2.75) is 13.5 Å². The van der Waals surface area contributed by atoms with Gasteiger partial charge < -0.3 is 14.9 Å². The number of benzene rings is 1. The number of amidine groups is 1. The molecule has 0 bridgehead atoms. The number of nitrogen functional groups attached to an aromatic ring is 1. The minimum Gasteiger partial charge on any atom is -0.485 e. The summed E-state index contributed by atoms with van der Waals surface area (Å²) in [6.45, 7) is 2.28. The zero-order chi connectivity index (χ0) is 12.3. The number of nitrogens with one attached hydrogen (secondary N) is 1. The molecule has 88 valence electrons. The van der Waals surface area contributed by atoms with Crippen molar-refractivity contribution in [2.75, 3.05) is 0 Å². The van der Waals surface area contributed by atoms with Gasteiger partial charge in [0.25, 0.3) is 0 Å². The lowest BCUT2D eigenvalue weighted by Gasteiger charge is -2.10. The van der Waals surface area contributed by atoms with Crippen LogP contribution in [-0.4, -0.2) is 5.84 Å². The number of hydrogen-bond donors (Lipinski definition) is 2. The number of rotatable bonds is 4. The van der Waals surface area contributed by atoms with Crippen LogP contribution in [0.25, 0.3) is 0 Å². The average molecular weight is 230 g/mol. The van der Waals surface area contributed by atoms with Crippen LogP contribution in [0.5, 0.6) is 5.75 Å². The fourth-order valence-electron chi connectivity index (χ4n) is 1.52. The van der Waals surface area contributed by atoms with Crippen molar-refractivity contribution < 1.29 is 9.15 Å². The number of nitrogens with two attached hydrogens (primary N) is 1. The van der Waals surface area contributed by atoms with Crippen LogP contribution in [0.2, 0.25) is 0 Å². The van der Waals surface area contributed by atoms with E-state index in [1.165, 1.54) is 0 Å². The molecule has 1 heterocycles. The summed E-state index contributed by atoms with van der Waals surface area (Å²) in [7, 11) is 0. The van der Waals surface area contributed by atoms with Crippen LogP contribution < -0.4 is 10.5 Å². The first kappa shape index (κ1) is 11.3. The summed E-state index contributed by atoms with van der Waals surface area (Å²) >= 11 is 0. The van der Waals surface area contributed by atoms with Gasteiger partial charge in [-0.25, -0.2) is 0 Å². The van der Waals surface area contributed by atoms with E-state index in [4.69, 9.17) is 20.3 Å². The van der Waals surface area contributed by atoms with E-state index in [0.29, 0.717) is 17.9 Å². The molecule has 0 unspecified atom stereocenters. The first-order chi connectivity index (χ1) is 8.16. The predicted octanol–water partition coefficient (Wildman–Crippen LogP) is 2.45. The normalized spacial score (nSPS) is 10.2. The van der Waals surface area contributed by atoms with Gasteiger partial charge in [0, 0.05) is 0 Å². The monoisotopic (exact) mass is 230 g/mol. The van der Waals surface area contributed by atoms with Crippen LogP contribution in [0.4, 0.5) is 0 Å². The Hall–Kier alpha value is -2.23. The zero-order valence-corrected chi connectivity index (χ0v) is 9.57. The third kappa shape index (κ3) is 2.66. The second-order valence-electron chi connectivity index (χ2n) is 3.78. The van der Waals surface area contributed by atoms with Crippen molar-refractivity contribution >= 4 is 5.84 Å². The number of hydrogen-bond acceptors (Lipinski definition) is 3. The van der Waals surface area contributed by atoms with Crippen molar-refractivity contribution in [3.8, 4) is 5.75 Å². The molecule has 3 N–H and O–H groups in total. The Kier molecular flexibility index (Phi) is 3.14. The highest BCUT2D eigenvalue weighted by Crippen LogP contribution is 2.20. The summed E-state index contributed by atoms with van der Waals surface area (Å²) in [6.07, 6.45) is 1.60. The molecular formula is C13H14N2O2. The average Bonchev–Trinajstić information content (AvgIpc) is 2.80. The summed E-state index contributed by atoms with van der Waals surface area (Å²) < 4.78 is 10.8. The van der Waals surface area contributed by atoms with Crippen LogP contribution in [0, 0.1) is 12.3 Å². The molecule has 0 amide bonds. The van der Waals surface area contributed by atoms with Crippen molar-refractivity contribution in [2.24, 2.45) is 5.73 Å². The molecule has 1 aromatic heterocycles. The van der Waals surface area contributed by atoms with Crippen LogP contribution in [0.1, 0.15) is 16.9 Å². The van der Waals surface area contributed by atoms with E-state index in [-0.39, 0.29) is 5.84 Å². The van der Waals surface area contributed by atoms with Gasteiger partial charge in [-0.1, -0.05) is 11.6 Å². The van der Waals surface area contributed by atoms with Gasteiger partial charge in [-0.15, -0.1) is 0 Å². The van der Waals surface area contributed by atoms with E-state index in [1.807, 2.05) is 31.2 Å². The first-order valence-corrected chi connectivity index (χ1v) is 5.27. The summed E-state index contributed by atoms with van der Waals surface area (Å²) in [5, 5.41) is 7.50. The molecule has 1 aromatic carbocycles. The van der Waals surface area contributed by atoms with E-state index in [2.05, 4.69) is 0 Å². The third-order valence-corrected chi connectivity index (χ3v) is 2.38. The minimum absolute atomic E-state index is 0.00291. The Balaban J connectivity index is 2.17. The lowest BCUT2D eigenvalue weighted by atomic mass is 10.1. The van der Waals surface area contributed by atoms with Gasteiger partial charge in [-0.3, -0.25) is 5.41 Å². The first-order valence-electron chi connectivity index (χ1n) is 5.27. The van der Waals surface area contributed by atoms with Gasteiger partial charge in [0.15, 0.2) is 0 Å². The number of ether oxygens (including phenoxy) is 1. The van der Waals surface area contributed by atoms with Crippen LogP contribution in [0.3, 0.4) is 0 Å². The maximum atomic E-state index is 7.50. The van der Waals surface area contributed by atoms with E-state index < -0.39 is 0 Å². The van der Waals surface area contributed by atoms with Crippen molar-refractivity contribution in [3.05, 3.63) is 53.5 Å². The molecule has 0 atom stereocenters. The largest absolute Gasteiger partial charge is 0.485 e. The molecule has 0 aliphatic carbocycles. The molecule has 0 aliphatic rings. The van der Waals surface area contributed by atoms with Gasteiger partial charge in [0.1, 0.15) is 24.0 Å². The highest BCUT2D eigenvalue weighted by Gasteiger charge is 2.07. The highest BCUT2D eigenvalue weighted by atomic mass is 16.5. The van der Waals surface area contributed by atoms with E-state index >= 15 is 0 Å². The van der Waals surface area contributed by atoms with Gasteiger partial charge in [-0.05, 0) is 31.2 Å². The maximum absolute atomic E-state index is 7.50. The molecule has 2 aromatic rings. The topological polar surface area (TPSA) is 72.2 Å². The zero-order valence-electron chi connectivity index (χ0n) is 9.57. The van der Waals surface area contributed by atoms with Gasteiger partial charge >= 0.3 is 0 Å². The molecule has 0 spiro atoms. The van der Waals surface area contributed by atoms with Crippen molar-refractivity contribution in [1.82, 2.24) is 0 Å². The van der Waals surface area contributed by atoms with Crippen LogP contribution in [0.15, 0.2) is 41.0 Å². The molecule has 0 fully saturated rings. The maximum Gasteiger partial charge on any atom is 0.146 e. The summed E-state index contributed by atoms with van der Waals surface area (Å²) in [6, 6.07) is 9.21. The van der Waals surface area contributed by atoms with E-state index in [1.54, 1.807) is 12.3 Å². The highest BCUT2D eigenvalue weighted by molar-refractivity contribution is 5.97. The van der Waals surface area contributed by atoms with Crippen LogP contribution >= 0.6 is 0 Å². The van der Waals surface area contributed by atoms with Gasteiger partial charge in [0.2, 0.25) is 0 Å². The molecule has 0 saturated carbocycles. The Morgan fingerprint density at radius 1 is 1.41 bits per heavy atom. The SMILES string of the molecule is Cc1ccc(OCc2ccco2)c(C(=N)N)c1. The van der Waals surface area contributed by atoms with Crippen molar-refractivity contribution in [3.63, 3.8) is 0 Å². The van der Waals surface area contributed by atoms with Crippen LogP contribution in [-0.2, 0) is 6.61 Å². The summed E-state index contributed by atoms with van der Waals surface area (Å²) in [5.74, 6) is 1.34. The molecule has 17 heavy (non-hydrogen) atoms. The van der Waals surface area contributed by atoms with E-state index in [0.717, 1.165) is 11.3 Å². The summed E-state index contributed by atoms with van der Waals surface area (Å²) in [4.78, 5) is 0. The Morgan fingerprint density at radius 3 is 2.88 bits per heavy atom. The quantitative estimate of drug-likeness (QED) is 0.626. The fraction of sp³-hybridized carbons (Fsp3) is 0.154. The standard InChI is InChI=1S/C13H14N2O2/c1-9-4-5-12(11(7-9)13(14)15)17-8-10-3-2-6-16-10/h2-7H,8H2,1H3,(H3,14,15). The predicted molar refractivity (Wildman–Crippen MR) is 65.2 cm³/mol. The molecule has 0 radical (unpaired) electrons. The summed E-state index contributed by atoms with van der Waals surface area (Å²) in [5.41, 5.74) is 7.16. The molecule has 4 heteroatoms. The lowest BCUT2D eigenvalue weighted by molar-refractivity contribution is 0.270. The number of furan rings is 1. The molecular weight excluding hydrogens is 216 g/mol. The van der Waals surface area contributed by atoms with E-state index in [9.17, 15) is 0 Å². The molecule has 4 nitrogen and oxygen atoms in total.